The van der Waals surface area contributed by atoms with Gasteiger partial charge in [-0.1, -0.05) is 80.6 Å². The molecule has 2 aromatic carbocycles. The smallest absolute Gasteiger partial charge is 0.407 e. The van der Waals surface area contributed by atoms with Crippen molar-refractivity contribution in [2.45, 2.75) is 63.0 Å². The molecular formula is C26H31NO5. The van der Waals surface area contributed by atoms with Crippen LogP contribution < -0.4 is 5.32 Å². The van der Waals surface area contributed by atoms with Gasteiger partial charge in [-0.2, -0.15) is 0 Å². The van der Waals surface area contributed by atoms with Gasteiger partial charge in [0.1, 0.15) is 6.61 Å². The third-order valence-electron chi connectivity index (χ3n) is 6.81. The Morgan fingerprint density at radius 3 is 2.16 bits per heavy atom. The van der Waals surface area contributed by atoms with Crippen molar-refractivity contribution in [2.75, 3.05) is 6.61 Å². The fourth-order valence-electron chi connectivity index (χ4n) is 5.21. The molecule has 170 valence electrons. The van der Waals surface area contributed by atoms with Crippen molar-refractivity contribution < 1.29 is 24.5 Å². The molecule has 1 fully saturated rings. The van der Waals surface area contributed by atoms with Crippen LogP contribution in [0, 0.1) is 5.92 Å². The van der Waals surface area contributed by atoms with Gasteiger partial charge in [-0.05, 0) is 34.6 Å². The summed E-state index contributed by atoms with van der Waals surface area (Å²) in [6.45, 7) is 0.186. The predicted molar refractivity (Wildman–Crippen MR) is 121 cm³/mol. The molecule has 2 unspecified atom stereocenters. The van der Waals surface area contributed by atoms with Gasteiger partial charge in [0, 0.05) is 5.92 Å². The van der Waals surface area contributed by atoms with E-state index in [1.54, 1.807) is 0 Å². The van der Waals surface area contributed by atoms with Crippen molar-refractivity contribution in [3.8, 4) is 11.1 Å². The highest BCUT2D eigenvalue weighted by Gasteiger charge is 2.31. The van der Waals surface area contributed by atoms with E-state index in [4.69, 9.17) is 9.84 Å². The summed E-state index contributed by atoms with van der Waals surface area (Å²) in [6, 6.07) is 15.6. The number of carbonyl (C=O) groups is 2. The summed E-state index contributed by atoms with van der Waals surface area (Å²) in [5.74, 6) is -0.750. The highest BCUT2D eigenvalue weighted by atomic mass is 16.5. The second-order valence-electron chi connectivity index (χ2n) is 8.98. The first-order valence-electron chi connectivity index (χ1n) is 11.5. The van der Waals surface area contributed by atoms with E-state index in [0.29, 0.717) is 12.3 Å². The Morgan fingerprint density at radius 2 is 1.56 bits per heavy atom. The number of carboxylic acid groups (broad SMARTS) is 1. The number of carbonyl (C=O) groups excluding carboxylic acids is 1. The lowest BCUT2D eigenvalue weighted by Gasteiger charge is -2.29. The second-order valence-corrected chi connectivity index (χ2v) is 8.98. The van der Waals surface area contributed by atoms with Gasteiger partial charge in [-0.25, -0.2) is 4.79 Å². The number of rotatable bonds is 8. The van der Waals surface area contributed by atoms with E-state index in [1.807, 2.05) is 24.3 Å². The zero-order chi connectivity index (χ0) is 22.5. The number of amides is 1. The summed E-state index contributed by atoms with van der Waals surface area (Å²) in [6.07, 6.45) is 3.98. The molecule has 2 aliphatic carbocycles. The molecule has 0 radical (unpaired) electrons. The fraction of sp³-hybridized carbons (Fsp3) is 0.462. The van der Waals surface area contributed by atoms with E-state index < -0.39 is 30.6 Å². The van der Waals surface area contributed by atoms with Gasteiger partial charge in [-0.15, -0.1) is 0 Å². The molecule has 0 aliphatic heterocycles. The van der Waals surface area contributed by atoms with Gasteiger partial charge in [0.2, 0.25) is 0 Å². The van der Waals surface area contributed by atoms with Crippen LogP contribution in [-0.2, 0) is 9.53 Å². The molecule has 0 bridgehead atoms. The minimum atomic E-state index is -1.14. The maximum atomic E-state index is 12.7. The van der Waals surface area contributed by atoms with Crippen molar-refractivity contribution in [3.05, 3.63) is 59.7 Å². The molecule has 1 amide bonds. The van der Waals surface area contributed by atoms with Gasteiger partial charge < -0.3 is 20.3 Å². The van der Waals surface area contributed by atoms with E-state index in [0.717, 1.165) is 47.9 Å². The molecule has 1 saturated carbocycles. The average molecular weight is 438 g/mol. The molecule has 2 aliphatic rings. The van der Waals surface area contributed by atoms with E-state index in [1.165, 1.54) is 6.42 Å². The maximum absolute atomic E-state index is 12.7. The summed E-state index contributed by atoms with van der Waals surface area (Å²) in [5, 5.41) is 22.3. The van der Waals surface area contributed by atoms with E-state index in [2.05, 4.69) is 29.6 Å². The van der Waals surface area contributed by atoms with Gasteiger partial charge in [0.25, 0.3) is 0 Å². The zero-order valence-corrected chi connectivity index (χ0v) is 18.2. The Bertz CT molecular complexity index is 907. The van der Waals surface area contributed by atoms with E-state index in [-0.39, 0.29) is 12.5 Å². The molecule has 6 heteroatoms. The lowest BCUT2D eigenvalue weighted by molar-refractivity contribution is -0.139. The summed E-state index contributed by atoms with van der Waals surface area (Å²) in [7, 11) is 0. The number of aliphatic hydroxyl groups excluding tert-OH is 1. The van der Waals surface area contributed by atoms with Crippen molar-refractivity contribution in [1.82, 2.24) is 5.32 Å². The molecular weight excluding hydrogens is 406 g/mol. The molecule has 3 N–H and O–H groups in total. The molecule has 0 aromatic heterocycles. The summed E-state index contributed by atoms with van der Waals surface area (Å²) in [4.78, 5) is 23.8. The molecule has 0 heterocycles. The maximum Gasteiger partial charge on any atom is 0.407 e. The van der Waals surface area contributed by atoms with Crippen LogP contribution >= 0.6 is 0 Å². The van der Waals surface area contributed by atoms with Crippen molar-refractivity contribution in [2.24, 2.45) is 5.92 Å². The lowest BCUT2D eigenvalue weighted by atomic mass is 9.83. The van der Waals surface area contributed by atoms with Gasteiger partial charge in [0.15, 0.2) is 0 Å². The third kappa shape index (κ3) is 5.13. The van der Waals surface area contributed by atoms with Crippen LogP contribution in [0.3, 0.4) is 0 Å². The number of hydrogen-bond donors (Lipinski definition) is 3. The predicted octanol–water partition coefficient (Wildman–Crippen LogP) is 4.70. The second kappa shape index (κ2) is 10.2. The summed E-state index contributed by atoms with van der Waals surface area (Å²) >= 11 is 0. The first kappa shape index (κ1) is 22.3. The van der Waals surface area contributed by atoms with Crippen molar-refractivity contribution >= 4 is 12.1 Å². The van der Waals surface area contributed by atoms with Crippen LogP contribution in [0.25, 0.3) is 11.1 Å². The van der Waals surface area contributed by atoms with Crippen LogP contribution in [0.15, 0.2) is 48.5 Å². The topological polar surface area (TPSA) is 95.9 Å². The first-order chi connectivity index (χ1) is 15.5. The summed E-state index contributed by atoms with van der Waals surface area (Å²) < 4.78 is 5.61. The molecule has 32 heavy (non-hydrogen) atoms. The average Bonchev–Trinajstić information content (AvgIpc) is 3.11. The highest BCUT2D eigenvalue weighted by Crippen LogP contribution is 2.44. The summed E-state index contributed by atoms with van der Waals surface area (Å²) in [5.41, 5.74) is 4.57. The number of ether oxygens (including phenoxy) is 1. The lowest BCUT2D eigenvalue weighted by Crippen LogP contribution is -2.46. The Balaban J connectivity index is 1.41. The Labute approximate surface area is 188 Å². The quantitative estimate of drug-likeness (QED) is 0.556. The SMILES string of the molecule is O=C(O)CC(O)C(CC1CCCCC1)NC(=O)OCC1c2ccccc2-c2ccccc21. The fourth-order valence-corrected chi connectivity index (χ4v) is 5.21. The molecule has 0 saturated heterocycles. The highest BCUT2D eigenvalue weighted by molar-refractivity contribution is 5.79. The van der Waals surface area contributed by atoms with Crippen molar-refractivity contribution in [1.29, 1.82) is 0 Å². The van der Waals surface area contributed by atoms with Crippen molar-refractivity contribution in [3.63, 3.8) is 0 Å². The number of hydrogen-bond acceptors (Lipinski definition) is 4. The Morgan fingerprint density at radius 1 is 0.969 bits per heavy atom. The van der Waals surface area contributed by atoms with Gasteiger partial charge in [-0.3, -0.25) is 4.79 Å². The number of benzene rings is 2. The third-order valence-corrected chi connectivity index (χ3v) is 6.81. The van der Waals surface area contributed by atoms with E-state index in [9.17, 15) is 14.7 Å². The van der Waals surface area contributed by atoms with Gasteiger partial charge in [0.05, 0.1) is 18.6 Å². The van der Waals surface area contributed by atoms with Crippen LogP contribution in [0.1, 0.15) is 62.0 Å². The van der Waals surface area contributed by atoms with Crippen LogP contribution in [0.4, 0.5) is 4.79 Å². The minimum absolute atomic E-state index is 0.0473. The molecule has 2 atom stereocenters. The standard InChI is InChI=1S/C26H31NO5/c28-24(15-25(29)30)23(14-17-8-2-1-3-9-17)27-26(31)32-16-22-20-12-6-4-10-18(20)19-11-5-7-13-21(19)22/h4-7,10-13,17,22-24,28H,1-3,8-9,14-16H2,(H,27,31)(H,29,30). The normalized spacial score (nSPS) is 17.8. The largest absolute Gasteiger partial charge is 0.481 e. The number of aliphatic hydroxyl groups is 1. The number of alkyl carbamates (subject to hydrolysis) is 1. The molecule has 4 rings (SSSR count). The number of carboxylic acids is 1. The monoisotopic (exact) mass is 437 g/mol. The number of aliphatic carboxylic acids is 1. The van der Waals surface area contributed by atoms with Gasteiger partial charge >= 0.3 is 12.1 Å². The Kier molecular flexibility index (Phi) is 7.10. The Hall–Kier alpha value is -2.86. The van der Waals surface area contributed by atoms with Crippen LogP contribution in [-0.4, -0.2) is 41.0 Å². The molecule has 6 nitrogen and oxygen atoms in total. The van der Waals surface area contributed by atoms with E-state index >= 15 is 0 Å². The minimum Gasteiger partial charge on any atom is -0.481 e. The molecule has 2 aromatic rings. The molecule has 0 spiro atoms. The van der Waals surface area contributed by atoms with Crippen LogP contribution in [0.2, 0.25) is 0 Å². The van der Waals surface area contributed by atoms with Crippen LogP contribution in [0.5, 0.6) is 0 Å². The zero-order valence-electron chi connectivity index (χ0n) is 18.2. The number of nitrogens with one attached hydrogen (secondary N) is 1. The number of fused-ring (bicyclic) bond motifs is 3. The first-order valence-corrected chi connectivity index (χ1v) is 11.5.